The molecule has 0 aliphatic rings. The highest BCUT2D eigenvalue weighted by molar-refractivity contribution is 7.79. The van der Waals surface area contributed by atoms with Gasteiger partial charge in [0.1, 0.15) is 6.17 Å². The third-order valence-electron chi connectivity index (χ3n) is 0.372. The molecular formula is C3H7FO2S. The molecule has 0 radical (unpaired) electrons. The number of rotatable bonds is 2. The SMILES string of the molecule is CC(F)CS(=O)O. The van der Waals surface area contributed by atoms with Gasteiger partial charge in [-0.2, -0.15) is 0 Å². The topological polar surface area (TPSA) is 37.3 Å². The Balaban J connectivity index is 3.13. The molecule has 2 atom stereocenters. The molecule has 0 aromatic rings. The Morgan fingerprint density at radius 3 is 2.43 bits per heavy atom. The van der Waals surface area contributed by atoms with Crippen LogP contribution in [-0.4, -0.2) is 20.7 Å². The number of hydrogen-bond acceptors (Lipinski definition) is 1. The molecule has 0 spiro atoms. The zero-order valence-corrected chi connectivity index (χ0v) is 4.74. The largest absolute Gasteiger partial charge is 0.306 e. The molecule has 44 valence electrons. The van der Waals surface area contributed by atoms with E-state index in [2.05, 4.69) is 0 Å². The van der Waals surface area contributed by atoms with E-state index in [1.54, 1.807) is 0 Å². The first-order chi connectivity index (χ1) is 3.13. The minimum atomic E-state index is -1.97. The van der Waals surface area contributed by atoms with E-state index in [1.165, 1.54) is 6.92 Å². The predicted octanol–water partition coefficient (Wildman–Crippen LogP) is 0.566. The lowest BCUT2D eigenvalue weighted by Crippen LogP contribution is -2.05. The Kier molecular flexibility index (Phi) is 3.11. The van der Waals surface area contributed by atoms with Crippen molar-refractivity contribution in [3.05, 3.63) is 0 Å². The highest BCUT2D eigenvalue weighted by Crippen LogP contribution is 1.88. The molecule has 0 aliphatic carbocycles. The first-order valence-corrected chi connectivity index (χ1v) is 3.12. The average Bonchev–Trinajstić information content (AvgIpc) is 1.27. The maximum absolute atomic E-state index is 11.6. The summed E-state index contributed by atoms with van der Waals surface area (Å²) in [5.41, 5.74) is 0. The molecule has 0 saturated carbocycles. The van der Waals surface area contributed by atoms with Crippen LogP contribution in [0.25, 0.3) is 0 Å². The zero-order valence-electron chi connectivity index (χ0n) is 3.93. The van der Waals surface area contributed by atoms with E-state index >= 15 is 0 Å². The third kappa shape index (κ3) is 6.04. The fraction of sp³-hybridized carbons (Fsp3) is 1.00. The van der Waals surface area contributed by atoms with Crippen molar-refractivity contribution < 1.29 is 13.2 Å². The van der Waals surface area contributed by atoms with Gasteiger partial charge in [0.15, 0.2) is 11.1 Å². The van der Waals surface area contributed by atoms with Crippen LogP contribution in [0, 0.1) is 0 Å². The van der Waals surface area contributed by atoms with E-state index in [0.29, 0.717) is 0 Å². The zero-order chi connectivity index (χ0) is 5.86. The minimum Gasteiger partial charge on any atom is -0.306 e. The number of hydrogen-bond donors (Lipinski definition) is 1. The van der Waals surface area contributed by atoms with Crippen LogP contribution in [-0.2, 0) is 11.1 Å². The molecule has 0 aromatic heterocycles. The fourth-order valence-electron chi connectivity index (χ4n) is 0.196. The molecule has 2 unspecified atom stereocenters. The molecule has 4 heteroatoms. The molecule has 0 heterocycles. The summed E-state index contributed by atoms with van der Waals surface area (Å²) >= 11 is -1.97. The molecular weight excluding hydrogens is 119 g/mol. The molecule has 0 amide bonds. The number of halogens is 1. The van der Waals surface area contributed by atoms with Crippen LogP contribution in [0.15, 0.2) is 0 Å². The standard InChI is InChI=1S/C3H7FO2S/c1-3(4)2-7(5)6/h3H,2H2,1H3,(H,5,6). The molecule has 0 fully saturated rings. The monoisotopic (exact) mass is 126 g/mol. The first-order valence-electron chi connectivity index (χ1n) is 1.84. The molecule has 1 N–H and O–H groups in total. The second kappa shape index (κ2) is 3.10. The van der Waals surface area contributed by atoms with Gasteiger partial charge in [-0.25, -0.2) is 8.60 Å². The normalized spacial score (nSPS) is 18.7. The molecule has 7 heavy (non-hydrogen) atoms. The summed E-state index contributed by atoms with van der Waals surface area (Å²) in [4.78, 5) is 0. The molecule has 0 rings (SSSR count). The van der Waals surface area contributed by atoms with Crippen molar-refractivity contribution in [3.8, 4) is 0 Å². The Morgan fingerprint density at radius 1 is 2.00 bits per heavy atom. The van der Waals surface area contributed by atoms with Crippen LogP contribution < -0.4 is 0 Å². The summed E-state index contributed by atoms with van der Waals surface area (Å²) in [6.45, 7) is 1.24. The van der Waals surface area contributed by atoms with Crippen molar-refractivity contribution in [3.63, 3.8) is 0 Å². The fourth-order valence-corrected chi connectivity index (χ4v) is 0.589. The smallest absolute Gasteiger partial charge is 0.155 e. The van der Waals surface area contributed by atoms with Gasteiger partial charge in [0.25, 0.3) is 0 Å². The lowest BCUT2D eigenvalue weighted by molar-refractivity contribution is 0.389. The van der Waals surface area contributed by atoms with Crippen molar-refractivity contribution >= 4 is 11.1 Å². The second-order valence-corrected chi connectivity index (χ2v) is 2.25. The highest BCUT2D eigenvalue weighted by atomic mass is 32.2. The second-order valence-electron chi connectivity index (χ2n) is 1.27. The summed E-state index contributed by atoms with van der Waals surface area (Å²) in [6.07, 6.45) is -1.18. The lowest BCUT2D eigenvalue weighted by atomic mass is 10.5. The van der Waals surface area contributed by atoms with Gasteiger partial charge >= 0.3 is 0 Å². The summed E-state index contributed by atoms with van der Waals surface area (Å²) < 4.78 is 29.2. The Hall–Kier alpha value is 0.0400. The lowest BCUT2D eigenvalue weighted by Gasteiger charge is -1.91. The summed E-state index contributed by atoms with van der Waals surface area (Å²) in [5.74, 6) is -0.278. The van der Waals surface area contributed by atoms with Crippen molar-refractivity contribution in [2.24, 2.45) is 0 Å². The Bertz CT molecular complexity index is 73.3. The van der Waals surface area contributed by atoms with E-state index in [0.717, 1.165) is 0 Å². The van der Waals surface area contributed by atoms with Crippen LogP contribution in [0.2, 0.25) is 0 Å². The summed E-state index contributed by atoms with van der Waals surface area (Å²) in [5, 5.41) is 0. The summed E-state index contributed by atoms with van der Waals surface area (Å²) in [7, 11) is 0. The molecule has 0 bridgehead atoms. The summed E-state index contributed by atoms with van der Waals surface area (Å²) in [6, 6.07) is 0. The van der Waals surface area contributed by atoms with Crippen molar-refractivity contribution in [2.45, 2.75) is 13.1 Å². The van der Waals surface area contributed by atoms with E-state index in [9.17, 15) is 8.60 Å². The minimum absolute atomic E-state index is 0.278. The average molecular weight is 126 g/mol. The quantitative estimate of drug-likeness (QED) is 0.549. The molecule has 0 saturated heterocycles. The molecule has 0 aliphatic heterocycles. The van der Waals surface area contributed by atoms with Gasteiger partial charge in [-0.3, -0.25) is 0 Å². The van der Waals surface area contributed by atoms with Gasteiger partial charge in [0.2, 0.25) is 0 Å². The van der Waals surface area contributed by atoms with Crippen LogP contribution >= 0.6 is 0 Å². The van der Waals surface area contributed by atoms with Crippen LogP contribution in [0.1, 0.15) is 6.92 Å². The Labute approximate surface area is 44.0 Å². The van der Waals surface area contributed by atoms with Crippen LogP contribution in [0.4, 0.5) is 4.39 Å². The third-order valence-corrected chi connectivity index (χ3v) is 1.12. The van der Waals surface area contributed by atoms with Gasteiger partial charge in [-0.1, -0.05) is 0 Å². The van der Waals surface area contributed by atoms with Crippen LogP contribution in [0.5, 0.6) is 0 Å². The van der Waals surface area contributed by atoms with E-state index in [1.807, 2.05) is 0 Å². The number of alkyl halides is 1. The maximum atomic E-state index is 11.6. The van der Waals surface area contributed by atoms with Gasteiger partial charge in [-0.15, -0.1) is 0 Å². The van der Waals surface area contributed by atoms with Gasteiger partial charge in [0.05, 0.1) is 5.75 Å². The van der Waals surface area contributed by atoms with Gasteiger partial charge < -0.3 is 4.55 Å². The van der Waals surface area contributed by atoms with Gasteiger partial charge in [0, 0.05) is 0 Å². The van der Waals surface area contributed by atoms with Crippen LogP contribution in [0.3, 0.4) is 0 Å². The molecule has 2 nitrogen and oxygen atoms in total. The van der Waals surface area contributed by atoms with E-state index in [-0.39, 0.29) is 5.75 Å². The predicted molar refractivity (Wildman–Crippen MR) is 26.2 cm³/mol. The van der Waals surface area contributed by atoms with Crippen molar-refractivity contribution in [2.75, 3.05) is 5.75 Å². The van der Waals surface area contributed by atoms with Crippen molar-refractivity contribution in [1.29, 1.82) is 0 Å². The Morgan fingerprint density at radius 2 is 2.43 bits per heavy atom. The van der Waals surface area contributed by atoms with E-state index < -0.39 is 17.3 Å². The highest BCUT2D eigenvalue weighted by Gasteiger charge is 2.00. The maximum Gasteiger partial charge on any atom is 0.155 e. The van der Waals surface area contributed by atoms with E-state index in [4.69, 9.17) is 4.55 Å². The van der Waals surface area contributed by atoms with Gasteiger partial charge in [-0.05, 0) is 6.92 Å². The first kappa shape index (κ1) is 7.04. The molecule has 0 aromatic carbocycles. The van der Waals surface area contributed by atoms with Crippen molar-refractivity contribution in [1.82, 2.24) is 0 Å².